The molecule has 10 nitrogen and oxygen atoms in total. The zero-order chi connectivity index (χ0) is 19.7. The lowest BCUT2D eigenvalue weighted by Gasteiger charge is -2.21. The number of guanidine groups is 1. The Morgan fingerprint density at radius 1 is 1.19 bits per heavy atom. The fraction of sp³-hybridized carbons (Fsp3) is 0.812. The second-order valence-corrected chi connectivity index (χ2v) is 7.37. The number of nitrogens with zero attached hydrogens (tertiary/aromatic N) is 1. The van der Waals surface area contributed by atoms with Gasteiger partial charge in [0, 0.05) is 18.5 Å². The zero-order valence-electron chi connectivity index (χ0n) is 15.7. The van der Waals surface area contributed by atoms with Crippen LogP contribution in [0.5, 0.6) is 0 Å². The van der Waals surface area contributed by atoms with E-state index in [4.69, 9.17) is 5.41 Å². The Balaban J connectivity index is 2.46. The molecule has 0 spiro atoms. The summed E-state index contributed by atoms with van der Waals surface area (Å²) in [7, 11) is 0. The molecule has 2 amide bonds. The maximum absolute atomic E-state index is 12.4. The molecule has 148 valence electrons. The Hall–Kier alpha value is -2.39. The largest absolute Gasteiger partial charge is 0.354 e. The van der Waals surface area contributed by atoms with Crippen LogP contribution in [0.2, 0.25) is 0 Å². The molecule has 26 heavy (non-hydrogen) atoms. The quantitative estimate of drug-likeness (QED) is 0.118. The van der Waals surface area contributed by atoms with Crippen molar-refractivity contribution in [3.63, 3.8) is 0 Å². The number of nitrogens with one attached hydrogen (secondary N) is 5. The minimum absolute atomic E-state index is 0.114. The molecule has 0 heterocycles. The van der Waals surface area contributed by atoms with Gasteiger partial charge in [-0.1, -0.05) is 26.2 Å². The van der Waals surface area contributed by atoms with Gasteiger partial charge in [-0.25, -0.2) is 10.1 Å². The predicted molar refractivity (Wildman–Crippen MR) is 96.8 cm³/mol. The van der Waals surface area contributed by atoms with Gasteiger partial charge >= 0.3 is 0 Å². The molecule has 0 aliphatic heterocycles. The fourth-order valence-electron chi connectivity index (χ4n) is 2.27. The van der Waals surface area contributed by atoms with Gasteiger partial charge in [-0.2, -0.15) is 0 Å². The molecule has 0 unspecified atom stereocenters. The second kappa shape index (κ2) is 9.93. The molecule has 0 radical (unpaired) electrons. The Morgan fingerprint density at radius 3 is 2.38 bits per heavy atom. The van der Waals surface area contributed by atoms with Gasteiger partial charge in [-0.3, -0.25) is 15.0 Å². The third-order valence-electron chi connectivity index (χ3n) is 4.37. The molecule has 10 heteroatoms. The number of rotatable bonds is 11. The molecule has 0 aromatic rings. The number of amides is 2. The predicted octanol–water partition coefficient (Wildman–Crippen LogP) is 0.519. The summed E-state index contributed by atoms with van der Waals surface area (Å²) in [6.45, 7) is 6.85. The van der Waals surface area contributed by atoms with E-state index in [9.17, 15) is 19.7 Å². The number of carbonyl (C=O) groups is 2. The highest BCUT2D eigenvalue weighted by molar-refractivity contribution is 5.91. The molecular formula is C16H30N6O4. The minimum atomic E-state index is -0.823. The Kier molecular flexibility index (Phi) is 8.27. The van der Waals surface area contributed by atoms with Crippen LogP contribution in [0.15, 0.2) is 0 Å². The highest BCUT2D eigenvalue weighted by atomic mass is 16.7. The summed E-state index contributed by atoms with van der Waals surface area (Å²) in [5, 5.41) is 24.9. The average Bonchev–Trinajstić information content (AvgIpc) is 3.28. The lowest BCUT2D eigenvalue weighted by molar-refractivity contribution is -0.525. The summed E-state index contributed by atoms with van der Waals surface area (Å²) in [6.07, 6.45) is 3.36. The van der Waals surface area contributed by atoms with E-state index in [1.165, 1.54) is 0 Å². The fourth-order valence-corrected chi connectivity index (χ4v) is 2.27. The molecular weight excluding hydrogens is 340 g/mol. The Labute approximate surface area is 153 Å². The monoisotopic (exact) mass is 370 g/mol. The van der Waals surface area contributed by atoms with Crippen molar-refractivity contribution in [2.24, 2.45) is 11.3 Å². The zero-order valence-corrected chi connectivity index (χ0v) is 15.7. The third-order valence-corrected chi connectivity index (χ3v) is 4.37. The van der Waals surface area contributed by atoms with Crippen LogP contribution in [0, 0.1) is 26.9 Å². The third kappa shape index (κ3) is 8.13. The van der Waals surface area contributed by atoms with Crippen molar-refractivity contribution in [1.29, 1.82) is 5.41 Å². The summed E-state index contributed by atoms with van der Waals surface area (Å²) in [5.74, 6) is -0.278. The topological polar surface area (TPSA) is 149 Å². The first-order valence-corrected chi connectivity index (χ1v) is 8.96. The van der Waals surface area contributed by atoms with Crippen LogP contribution in [0.3, 0.4) is 0 Å². The van der Waals surface area contributed by atoms with E-state index in [-0.39, 0.29) is 23.8 Å². The highest BCUT2D eigenvalue weighted by Crippen LogP contribution is 2.45. The van der Waals surface area contributed by atoms with E-state index in [2.05, 4.69) is 29.8 Å². The molecule has 1 aliphatic rings. The first-order valence-electron chi connectivity index (χ1n) is 8.96. The van der Waals surface area contributed by atoms with Crippen LogP contribution in [0.1, 0.15) is 52.9 Å². The van der Waals surface area contributed by atoms with Crippen molar-refractivity contribution in [2.45, 2.75) is 58.9 Å². The molecule has 1 saturated carbocycles. The van der Waals surface area contributed by atoms with E-state index in [1.54, 1.807) is 5.43 Å². The van der Waals surface area contributed by atoms with Gasteiger partial charge in [0.15, 0.2) is 5.03 Å². The summed E-state index contributed by atoms with van der Waals surface area (Å²) >= 11 is 0. The van der Waals surface area contributed by atoms with Crippen LogP contribution in [-0.2, 0) is 9.59 Å². The second-order valence-electron chi connectivity index (χ2n) is 7.37. The summed E-state index contributed by atoms with van der Waals surface area (Å²) in [6, 6.07) is -0.647. The van der Waals surface area contributed by atoms with Gasteiger partial charge in [0.25, 0.3) is 5.96 Å². The van der Waals surface area contributed by atoms with Gasteiger partial charge in [-0.05, 0) is 38.0 Å². The van der Waals surface area contributed by atoms with Gasteiger partial charge < -0.3 is 16.0 Å². The number of hydrogen-bond donors (Lipinski definition) is 5. The van der Waals surface area contributed by atoms with Crippen molar-refractivity contribution in [2.75, 3.05) is 13.1 Å². The van der Waals surface area contributed by atoms with Crippen LogP contribution < -0.4 is 21.4 Å². The molecule has 0 aromatic heterocycles. The normalized spacial score (nSPS) is 15.7. The smallest absolute Gasteiger partial charge is 0.251 e. The Bertz CT molecular complexity index is 533. The molecule has 5 N–H and O–H groups in total. The van der Waals surface area contributed by atoms with Crippen molar-refractivity contribution in [1.82, 2.24) is 21.4 Å². The molecule has 1 fully saturated rings. The van der Waals surface area contributed by atoms with Crippen LogP contribution in [0.25, 0.3) is 0 Å². The molecule has 0 saturated heterocycles. The van der Waals surface area contributed by atoms with Gasteiger partial charge in [0.1, 0.15) is 6.04 Å². The number of nitro groups is 1. The van der Waals surface area contributed by atoms with Crippen molar-refractivity contribution in [3.8, 4) is 0 Å². The minimum Gasteiger partial charge on any atom is -0.354 e. The van der Waals surface area contributed by atoms with Gasteiger partial charge in [0.05, 0.1) is 0 Å². The maximum atomic E-state index is 12.4. The Morgan fingerprint density at radius 2 is 1.85 bits per heavy atom. The van der Waals surface area contributed by atoms with Crippen molar-refractivity contribution in [3.05, 3.63) is 10.1 Å². The van der Waals surface area contributed by atoms with E-state index in [0.29, 0.717) is 25.3 Å². The molecule has 0 aromatic carbocycles. The van der Waals surface area contributed by atoms with Crippen LogP contribution in [-0.4, -0.2) is 41.9 Å². The van der Waals surface area contributed by atoms with E-state index < -0.39 is 17.0 Å². The molecule has 1 rings (SSSR count). The molecule has 1 atom stereocenters. The van der Waals surface area contributed by atoms with Crippen LogP contribution >= 0.6 is 0 Å². The first kappa shape index (κ1) is 21.7. The van der Waals surface area contributed by atoms with Crippen molar-refractivity contribution >= 4 is 17.8 Å². The lowest BCUT2D eigenvalue weighted by Crippen LogP contribution is -2.49. The summed E-state index contributed by atoms with van der Waals surface area (Å²) in [4.78, 5) is 34.9. The molecule has 1 aliphatic carbocycles. The van der Waals surface area contributed by atoms with E-state index in [0.717, 1.165) is 19.3 Å². The first-order chi connectivity index (χ1) is 12.1. The number of carbonyl (C=O) groups excluding carboxylic acids is 2. The van der Waals surface area contributed by atoms with Crippen LogP contribution in [0.4, 0.5) is 0 Å². The van der Waals surface area contributed by atoms with Crippen molar-refractivity contribution < 1.29 is 14.6 Å². The van der Waals surface area contributed by atoms with E-state index >= 15 is 0 Å². The molecule has 0 bridgehead atoms. The number of hydrogen-bond acceptors (Lipinski definition) is 5. The highest BCUT2D eigenvalue weighted by Gasteiger charge is 2.45. The standard InChI is InChI=1S/C16H30N6O4/c1-11(2)6-10-18-13(23)12(20-14(24)16(3)7-8-16)5-4-9-19-15(17)21-22(25)26/h11-12H,4-10H2,1-3H3,(H,18,23)(H,20,24)(H3,17,19,21)/t12-/m0/s1. The average molecular weight is 370 g/mol. The summed E-state index contributed by atoms with van der Waals surface area (Å²) in [5.41, 5.74) is 1.33. The van der Waals surface area contributed by atoms with E-state index in [1.807, 2.05) is 6.92 Å². The SMILES string of the molecule is CC(C)CCNC(=O)[C@H](CCCNC(=N)N[N+](=O)[O-])NC(=O)C1(C)CC1. The lowest BCUT2D eigenvalue weighted by atomic mass is 10.1. The maximum Gasteiger partial charge on any atom is 0.251 e. The number of hydrazine groups is 1. The van der Waals surface area contributed by atoms with Gasteiger partial charge in [0.2, 0.25) is 11.8 Å². The summed E-state index contributed by atoms with van der Waals surface area (Å²) < 4.78 is 0. The van der Waals surface area contributed by atoms with Gasteiger partial charge in [-0.15, -0.1) is 0 Å².